The SMILES string of the molecule is O=S(=O)=O.[CH2-]CCC.[Na+]. The summed E-state index contributed by atoms with van der Waals surface area (Å²) >= 11 is 0. The molecular formula is C4H9NaO3S. The molecule has 0 aromatic rings. The summed E-state index contributed by atoms with van der Waals surface area (Å²) in [6, 6.07) is 0. The molecule has 0 aromatic carbocycles. The van der Waals surface area contributed by atoms with Gasteiger partial charge in [-0.25, -0.2) is 0 Å². The molecule has 0 saturated carbocycles. The van der Waals surface area contributed by atoms with E-state index in [0.717, 1.165) is 6.42 Å². The van der Waals surface area contributed by atoms with Crippen LogP contribution in [0.3, 0.4) is 0 Å². The zero-order chi connectivity index (χ0) is 6.99. The molecule has 3 nitrogen and oxygen atoms in total. The fraction of sp³-hybridized carbons (Fsp3) is 0.750. The molecule has 0 saturated heterocycles. The monoisotopic (exact) mass is 160 g/mol. The summed E-state index contributed by atoms with van der Waals surface area (Å²) in [4.78, 5) is 0. The number of hydrogen-bond donors (Lipinski definition) is 0. The summed E-state index contributed by atoms with van der Waals surface area (Å²) in [5.74, 6) is 0. The maximum Gasteiger partial charge on any atom is 1.00 e. The molecule has 0 bridgehead atoms. The molecule has 0 aliphatic rings. The molecule has 0 unspecified atom stereocenters. The minimum Gasteiger partial charge on any atom is -0.343 e. The Morgan fingerprint density at radius 1 is 1.33 bits per heavy atom. The summed E-state index contributed by atoms with van der Waals surface area (Å²) in [5.41, 5.74) is 0. The van der Waals surface area contributed by atoms with E-state index in [1.54, 1.807) is 0 Å². The van der Waals surface area contributed by atoms with Crippen LogP contribution in [-0.2, 0) is 10.6 Å². The van der Waals surface area contributed by atoms with Crippen LogP contribution in [-0.4, -0.2) is 12.6 Å². The van der Waals surface area contributed by atoms with Gasteiger partial charge in [-0.2, -0.15) is 6.42 Å². The van der Waals surface area contributed by atoms with E-state index in [1.165, 1.54) is 6.42 Å². The summed E-state index contributed by atoms with van der Waals surface area (Å²) < 4.78 is 25.3. The second-order valence-electron chi connectivity index (χ2n) is 1.06. The zero-order valence-electron chi connectivity index (χ0n) is 5.75. The predicted molar refractivity (Wildman–Crippen MR) is 30.0 cm³/mol. The molecule has 0 heterocycles. The van der Waals surface area contributed by atoms with E-state index in [-0.39, 0.29) is 29.6 Å². The Morgan fingerprint density at radius 2 is 1.44 bits per heavy atom. The molecule has 0 rings (SSSR count). The van der Waals surface area contributed by atoms with Crippen molar-refractivity contribution < 1.29 is 42.2 Å². The molecule has 0 spiro atoms. The van der Waals surface area contributed by atoms with Gasteiger partial charge in [-0.15, -0.1) is 12.6 Å². The second-order valence-corrected chi connectivity index (χ2v) is 1.47. The standard InChI is InChI=1S/C4H9.Na.O3S/c1-3-4-2;;1-4(2)3/h1,3-4H2,2H3;;/q-1;+1;. The van der Waals surface area contributed by atoms with E-state index in [4.69, 9.17) is 12.6 Å². The topological polar surface area (TPSA) is 51.2 Å². The fourth-order valence-electron chi connectivity index (χ4n) is 0. The molecule has 0 N–H and O–H groups in total. The normalized spacial score (nSPS) is 6.00. The minimum absolute atomic E-state index is 0. The Kier molecular flexibility index (Phi) is 28.7. The van der Waals surface area contributed by atoms with Gasteiger partial charge in [0.15, 0.2) is 0 Å². The van der Waals surface area contributed by atoms with Gasteiger partial charge in [0.2, 0.25) is 0 Å². The number of rotatable bonds is 1. The molecule has 5 heteroatoms. The van der Waals surface area contributed by atoms with Gasteiger partial charge >= 0.3 is 40.2 Å². The van der Waals surface area contributed by atoms with Gasteiger partial charge in [0.1, 0.15) is 0 Å². The third-order valence-electron chi connectivity index (χ3n) is 0.354. The van der Waals surface area contributed by atoms with E-state index >= 15 is 0 Å². The first-order chi connectivity index (χ1) is 3.65. The van der Waals surface area contributed by atoms with Crippen molar-refractivity contribution in [1.29, 1.82) is 0 Å². The molecule has 0 aliphatic heterocycles. The first-order valence-electron chi connectivity index (χ1n) is 2.21. The molecule has 0 amide bonds. The molecule has 0 aromatic heterocycles. The van der Waals surface area contributed by atoms with E-state index in [2.05, 4.69) is 13.8 Å². The van der Waals surface area contributed by atoms with Crippen molar-refractivity contribution in [2.24, 2.45) is 0 Å². The fourth-order valence-corrected chi connectivity index (χ4v) is 0. The van der Waals surface area contributed by atoms with Gasteiger partial charge in [0, 0.05) is 0 Å². The molecule has 0 atom stereocenters. The first kappa shape index (κ1) is 16.3. The molecule has 0 aliphatic carbocycles. The van der Waals surface area contributed by atoms with Crippen LogP contribution < -0.4 is 29.6 Å². The van der Waals surface area contributed by atoms with Crippen LogP contribution in [0.5, 0.6) is 0 Å². The molecule has 9 heavy (non-hydrogen) atoms. The van der Waals surface area contributed by atoms with Crippen molar-refractivity contribution in [2.75, 3.05) is 0 Å². The first-order valence-corrected chi connectivity index (χ1v) is 3.21. The van der Waals surface area contributed by atoms with Gasteiger partial charge in [0.25, 0.3) is 0 Å². The van der Waals surface area contributed by atoms with Crippen molar-refractivity contribution >= 4 is 10.6 Å². The summed E-state index contributed by atoms with van der Waals surface area (Å²) in [7, 11) is -3.11. The van der Waals surface area contributed by atoms with Crippen LogP contribution in [0.4, 0.5) is 0 Å². The zero-order valence-corrected chi connectivity index (χ0v) is 8.57. The Bertz CT molecular complexity index is 105. The van der Waals surface area contributed by atoms with Crippen molar-refractivity contribution in [2.45, 2.75) is 19.8 Å². The largest absolute Gasteiger partial charge is 1.00 e. The van der Waals surface area contributed by atoms with Crippen LogP contribution in [0, 0.1) is 6.92 Å². The van der Waals surface area contributed by atoms with Gasteiger partial charge in [-0.05, 0) is 0 Å². The summed E-state index contributed by atoms with van der Waals surface area (Å²) in [6.45, 7) is 5.72. The van der Waals surface area contributed by atoms with Crippen LogP contribution in [0.1, 0.15) is 19.8 Å². The quantitative estimate of drug-likeness (QED) is 0.318. The van der Waals surface area contributed by atoms with Crippen molar-refractivity contribution in [3.8, 4) is 0 Å². The average Bonchev–Trinajstić information content (AvgIpc) is 1.65. The van der Waals surface area contributed by atoms with Gasteiger partial charge in [-0.1, -0.05) is 13.3 Å². The maximum atomic E-state index is 8.44. The Labute approximate surface area is 79.2 Å². The van der Waals surface area contributed by atoms with E-state index in [0.29, 0.717) is 0 Å². The van der Waals surface area contributed by atoms with Crippen LogP contribution in [0.2, 0.25) is 0 Å². The van der Waals surface area contributed by atoms with Gasteiger partial charge in [-0.3, -0.25) is 0 Å². The molecule has 0 radical (unpaired) electrons. The third kappa shape index (κ3) is 144. The van der Waals surface area contributed by atoms with Crippen molar-refractivity contribution in [3.05, 3.63) is 6.92 Å². The van der Waals surface area contributed by atoms with E-state index in [1.807, 2.05) is 0 Å². The smallest absolute Gasteiger partial charge is 0.343 e. The van der Waals surface area contributed by atoms with E-state index in [9.17, 15) is 0 Å². The average molecular weight is 160 g/mol. The molecule has 0 fully saturated rings. The van der Waals surface area contributed by atoms with Gasteiger partial charge < -0.3 is 6.92 Å². The molecule has 50 valence electrons. The van der Waals surface area contributed by atoms with Crippen molar-refractivity contribution in [3.63, 3.8) is 0 Å². The second kappa shape index (κ2) is 15.8. The Hall–Kier alpha value is 0.620. The van der Waals surface area contributed by atoms with Crippen LogP contribution in [0.25, 0.3) is 0 Å². The Balaban J connectivity index is -0.0000000720. The van der Waals surface area contributed by atoms with E-state index < -0.39 is 10.6 Å². The Morgan fingerprint density at radius 3 is 1.44 bits per heavy atom. The van der Waals surface area contributed by atoms with Crippen molar-refractivity contribution in [1.82, 2.24) is 0 Å². The number of unbranched alkanes of at least 4 members (excludes halogenated alkanes) is 1. The summed E-state index contributed by atoms with van der Waals surface area (Å²) in [6.07, 6.45) is 2.28. The molecular weight excluding hydrogens is 151 g/mol. The minimum atomic E-state index is -3.11. The predicted octanol–water partition coefficient (Wildman–Crippen LogP) is -2.38. The number of hydrogen-bond acceptors (Lipinski definition) is 3. The third-order valence-corrected chi connectivity index (χ3v) is 0.354. The summed E-state index contributed by atoms with van der Waals surface area (Å²) in [5, 5.41) is 0. The van der Waals surface area contributed by atoms with Gasteiger partial charge in [0.05, 0.1) is 0 Å². The van der Waals surface area contributed by atoms with Crippen LogP contribution in [0.15, 0.2) is 0 Å². The maximum absolute atomic E-state index is 8.44. The van der Waals surface area contributed by atoms with Crippen LogP contribution >= 0.6 is 0 Å².